The maximum absolute atomic E-state index is 13.5. The predicted octanol–water partition coefficient (Wildman–Crippen LogP) is 3.32. The van der Waals surface area contributed by atoms with Gasteiger partial charge in [0.2, 0.25) is 10.0 Å². The Morgan fingerprint density at radius 3 is 2.26 bits per heavy atom. The van der Waals surface area contributed by atoms with Crippen molar-refractivity contribution < 1.29 is 17.2 Å². The first kappa shape index (κ1) is 18.5. The second kappa shape index (κ2) is 7.30. The van der Waals surface area contributed by atoms with E-state index < -0.39 is 27.4 Å². The fourth-order valence-corrected chi connectivity index (χ4v) is 5.52. The van der Waals surface area contributed by atoms with Gasteiger partial charge in [0.05, 0.1) is 11.8 Å². The molecule has 144 valence electrons. The number of sulfonamides is 1. The molecule has 4 rings (SSSR count). The molecule has 0 amide bonds. The fourth-order valence-electron chi connectivity index (χ4n) is 3.83. The van der Waals surface area contributed by atoms with E-state index in [0.717, 1.165) is 36.6 Å². The van der Waals surface area contributed by atoms with E-state index in [-0.39, 0.29) is 11.6 Å². The van der Waals surface area contributed by atoms with E-state index in [9.17, 15) is 17.2 Å². The van der Waals surface area contributed by atoms with Crippen LogP contribution in [0, 0.1) is 11.6 Å². The van der Waals surface area contributed by atoms with Crippen molar-refractivity contribution in [3.8, 4) is 0 Å². The Morgan fingerprint density at radius 2 is 1.63 bits per heavy atom. The van der Waals surface area contributed by atoms with Gasteiger partial charge >= 0.3 is 0 Å². The highest BCUT2D eigenvalue weighted by molar-refractivity contribution is 7.88. The Hall–Kier alpha value is -1.83. The molecular weight excluding hydrogens is 370 g/mol. The highest BCUT2D eigenvalue weighted by Gasteiger charge is 2.40. The third-order valence-corrected chi connectivity index (χ3v) is 7.09. The SMILES string of the molecule is O=S(=O)(Cc1cc(F)cc(F)c1)N1CCN(C2CC2)CC1c1ccccc1. The van der Waals surface area contributed by atoms with Gasteiger partial charge in [-0.15, -0.1) is 0 Å². The molecule has 7 heteroatoms. The lowest BCUT2D eigenvalue weighted by Crippen LogP contribution is -2.51. The summed E-state index contributed by atoms with van der Waals surface area (Å²) in [7, 11) is -3.72. The molecule has 2 aromatic rings. The Kier molecular flexibility index (Phi) is 5.01. The van der Waals surface area contributed by atoms with E-state index in [1.165, 1.54) is 4.31 Å². The summed E-state index contributed by atoms with van der Waals surface area (Å²) < 4.78 is 54.7. The van der Waals surface area contributed by atoms with Crippen LogP contribution in [-0.4, -0.2) is 43.3 Å². The van der Waals surface area contributed by atoms with Gasteiger partial charge in [-0.05, 0) is 36.1 Å². The van der Waals surface area contributed by atoms with E-state index in [1.54, 1.807) is 0 Å². The van der Waals surface area contributed by atoms with E-state index in [0.29, 0.717) is 25.7 Å². The molecule has 1 heterocycles. The maximum atomic E-state index is 13.5. The number of rotatable bonds is 5. The lowest BCUT2D eigenvalue weighted by atomic mass is 10.0. The van der Waals surface area contributed by atoms with Gasteiger partial charge < -0.3 is 0 Å². The Morgan fingerprint density at radius 1 is 0.963 bits per heavy atom. The van der Waals surface area contributed by atoms with Crippen LogP contribution in [0.4, 0.5) is 8.78 Å². The van der Waals surface area contributed by atoms with Crippen LogP contribution in [0.15, 0.2) is 48.5 Å². The smallest absolute Gasteiger partial charge is 0.218 e. The molecule has 0 aromatic heterocycles. The highest BCUT2D eigenvalue weighted by atomic mass is 32.2. The van der Waals surface area contributed by atoms with E-state index in [4.69, 9.17) is 0 Å². The third kappa shape index (κ3) is 4.20. The number of hydrogen-bond donors (Lipinski definition) is 0. The predicted molar refractivity (Wildman–Crippen MR) is 99.5 cm³/mol. The molecule has 2 fully saturated rings. The van der Waals surface area contributed by atoms with Crippen LogP contribution < -0.4 is 0 Å². The van der Waals surface area contributed by atoms with Crippen molar-refractivity contribution in [3.63, 3.8) is 0 Å². The number of hydrogen-bond acceptors (Lipinski definition) is 3. The summed E-state index contributed by atoms with van der Waals surface area (Å²) in [6, 6.07) is 12.8. The first-order valence-corrected chi connectivity index (χ1v) is 10.8. The average Bonchev–Trinajstić information content (AvgIpc) is 3.46. The van der Waals surface area contributed by atoms with Crippen LogP contribution in [-0.2, 0) is 15.8 Å². The molecule has 2 aliphatic rings. The third-order valence-electron chi connectivity index (χ3n) is 5.24. The summed E-state index contributed by atoms with van der Waals surface area (Å²) in [5.74, 6) is -1.94. The van der Waals surface area contributed by atoms with Crippen molar-refractivity contribution in [2.24, 2.45) is 0 Å². The van der Waals surface area contributed by atoms with Gasteiger partial charge in [0, 0.05) is 31.7 Å². The first-order valence-electron chi connectivity index (χ1n) is 9.16. The van der Waals surface area contributed by atoms with Crippen LogP contribution in [0.3, 0.4) is 0 Å². The highest BCUT2D eigenvalue weighted by Crippen LogP contribution is 2.35. The monoisotopic (exact) mass is 392 g/mol. The van der Waals surface area contributed by atoms with Gasteiger partial charge in [0.1, 0.15) is 11.6 Å². The molecule has 1 aliphatic carbocycles. The quantitative estimate of drug-likeness (QED) is 0.784. The second-order valence-corrected chi connectivity index (χ2v) is 9.22. The van der Waals surface area contributed by atoms with E-state index in [2.05, 4.69) is 4.90 Å². The molecule has 1 saturated carbocycles. The summed E-state index contributed by atoms with van der Waals surface area (Å²) in [4.78, 5) is 2.35. The largest absolute Gasteiger partial charge is 0.297 e. The molecule has 2 aromatic carbocycles. The van der Waals surface area contributed by atoms with E-state index >= 15 is 0 Å². The summed E-state index contributed by atoms with van der Waals surface area (Å²) in [6.07, 6.45) is 2.33. The zero-order valence-electron chi connectivity index (χ0n) is 14.9. The lowest BCUT2D eigenvalue weighted by Gasteiger charge is -2.41. The van der Waals surface area contributed by atoms with Gasteiger partial charge in [-0.2, -0.15) is 4.31 Å². The molecule has 4 nitrogen and oxygen atoms in total. The number of halogens is 2. The van der Waals surface area contributed by atoms with Crippen molar-refractivity contribution in [1.29, 1.82) is 0 Å². The van der Waals surface area contributed by atoms with Crippen molar-refractivity contribution in [3.05, 3.63) is 71.3 Å². The average molecular weight is 392 g/mol. The summed E-state index contributed by atoms with van der Waals surface area (Å²) in [5, 5.41) is 0. The van der Waals surface area contributed by atoms with Crippen LogP contribution >= 0.6 is 0 Å². The first-order chi connectivity index (χ1) is 12.9. The molecule has 0 bridgehead atoms. The molecule has 0 radical (unpaired) electrons. The van der Waals surface area contributed by atoms with Crippen LogP contribution in [0.1, 0.15) is 30.0 Å². The minimum absolute atomic E-state index is 0.129. The minimum Gasteiger partial charge on any atom is -0.297 e. The number of nitrogens with zero attached hydrogens (tertiary/aromatic N) is 2. The Bertz CT molecular complexity index is 897. The minimum atomic E-state index is -3.72. The maximum Gasteiger partial charge on any atom is 0.218 e. The summed E-state index contributed by atoms with van der Waals surface area (Å²) in [5.41, 5.74) is 1.07. The molecule has 1 saturated heterocycles. The van der Waals surface area contributed by atoms with Gasteiger partial charge in [-0.25, -0.2) is 17.2 Å². The molecule has 1 unspecified atom stereocenters. The standard InChI is InChI=1S/C20H22F2N2O2S/c21-17-10-15(11-18(22)12-17)14-27(25,26)24-9-8-23(19-6-7-19)13-20(24)16-4-2-1-3-5-16/h1-5,10-12,19-20H,6-9,13-14H2. The second-order valence-electron chi connectivity index (χ2n) is 7.30. The topological polar surface area (TPSA) is 40.6 Å². The summed E-state index contributed by atoms with van der Waals surface area (Å²) in [6.45, 7) is 1.71. The van der Waals surface area contributed by atoms with Crippen LogP contribution in [0.5, 0.6) is 0 Å². The zero-order chi connectivity index (χ0) is 19.0. The van der Waals surface area contributed by atoms with Crippen LogP contribution in [0.25, 0.3) is 0 Å². The molecule has 0 N–H and O–H groups in total. The summed E-state index contributed by atoms with van der Waals surface area (Å²) >= 11 is 0. The normalized spacial score (nSPS) is 22.1. The molecule has 1 atom stereocenters. The Balaban J connectivity index is 1.62. The lowest BCUT2D eigenvalue weighted by molar-refractivity contribution is 0.128. The zero-order valence-corrected chi connectivity index (χ0v) is 15.7. The fraction of sp³-hybridized carbons (Fsp3) is 0.400. The number of benzene rings is 2. The van der Waals surface area contributed by atoms with Crippen molar-refractivity contribution >= 4 is 10.0 Å². The van der Waals surface area contributed by atoms with Gasteiger partial charge in [-0.3, -0.25) is 4.90 Å². The van der Waals surface area contributed by atoms with Gasteiger partial charge in [0.25, 0.3) is 0 Å². The van der Waals surface area contributed by atoms with Crippen LogP contribution in [0.2, 0.25) is 0 Å². The number of piperazine rings is 1. The van der Waals surface area contributed by atoms with Gasteiger partial charge in [0.15, 0.2) is 0 Å². The van der Waals surface area contributed by atoms with E-state index in [1.807, 2.05) is 30.3 Å². The van der Waals surface area contributed by atoms with Gasteiger partial charge in [-0.1, -0.05) is 30.3 Å². The van der Waals surface area contributed by atoms with Crippen molar-refractivity contribution in [1.82, 2.24) is 9.21 Å². The molecule has 0 spiro atoms. The molecular formula is C20H22F2N2O2S. The van der Waals surface area contributed by atoms with Crippen molar-refractivity contribution in [2.45, 2.75) is 30.7 Å². The Labute approximate surface area is 158 Å². The molecule has 1 aliphatic heterocycles. The molecule has 27 heavy (non-hydrogen) atoms. The van der Waals surface area contributed by atoms with Crippen molar-refractivity contribution in [2.75, 3.05) is 19.6 Å².